The lowest BCUT2D eigenvalue weighted by molar-refractivity contribution is -0.171. The van der Waals surface area contributed by atoms with Gasteiger partial charge in [-0.1, -0.05) is 64.4 Å². The fourth-order valence-electron chi connectivity index (χ4n) is 3.18. The van der Waals surface area contributed by atoms with Gasteiger partial charge in [-0.3, -0.25) is 0 Å². The summed E-state index contributed by atoms with van der Waals surface area (Å²) < 4.78 is 26.9. The minimum Gasteiger partial charge on any atom is -0.491 e. The molecule has 0 saturated heterocycles. The van der Waals surface area contributed by atoms with Gasteiger partial charge in [0.15, 0.2) is 0 Å². The number of hydrogen-bond acceptors (Lipinski definition) is 9. The van der Waals surface area contributed by atoms with Crippen LogP contribution in [0.25, 0.3) is 0 Å². The Kier molecular flexibility index (Phi) is 19.3. The third-order valence-corrected chi connectivity index (χ3v) is 6.14. The molecule has 11 heteroatoms. The highest BCUT2D eigenvalue weighted by Crippen LogP contribution is 2.33. The molecule has 1 unspecified atom stereocenters. The summed E-state index contributed by atoms with van der Waals surface area (Å²) in [5, 5.41) is 15.8. The number of carboxylic acids is 2. The van der Waals surface area contributed by atoms with E-state index in [-0.39, 0.29) is 36.4 Å². The van der Waals surface area contributed by atoms with Crippen LogP contribution in [0.4, 0.5) is 0 Å². The Morgan fingerprint density at radius 2 is 0.979 bits per heavy atom. The van der Waals surface area contributed by atoms with Gasteiger partial charge >= 0.3 is 23.9 Å². The van der Waals surface area contributed by atoms with Gasteiger partial charge in [0.25, 0.3) is 0 Å². The maximum Gasteiger partial charge on any atom is 0.335 e. The molecule has 0 saturated carbocycles. The number of carboxylic acid groups (broad SMARTS) is 2. The Balaban J connectivity index is 0.00000156. The van der Waals surface area contributed by atoms with E-state index in [2.05, 4.69) is 40.2 Å². The minimum atomic E-state index is -0.935. The SMILES string of the molecule is C=C(C)C(=O)O.C=C(C)C(=O)O.C=C(C)C(=O)OCCOc1ccc(C(C)(C)c2ccc(OCCOC(C)OC(=O)C(=C)C)cc2)cc1. The molecular formula is C37H48O11. The number of ether oxygens (including phenoxy) is 5. The first-order valence-corrected chi connectivity index (χ1v) is 14.8. The van der Waals surface area contributed by atoms with Crippen LogP contribution in [-0.4, -0.2) is 66.8 Å². The van der Waals surface area contributed by atoms with Crippen LogP contribution in [0.1, 0.15) is 59.6 Å². The van der Waals surface area contributed by atoms with Gasteiger partial charge < -0.3 is 33.9 Å². The topological polar surface area (TPSA) is 155 Å². The standard InChI is InChI=1S/C29H36O7.2C4H6O2/c1-20(2)27(30)35-19-18-34-26-14-10-24(11-15-26)29(6,7)23-8-12-25(13-9-23)33-17-16-32-22(5)36-28(31)21(3)4;2*1-3(2)4(5)6/h8-15,22H,1,3,16-19H2,2,4-7H3;2*1H2,2H3,(H,5,6). The lowest BCUT2D eigenvalue weighted by Crippen LogP contribution is -2.21. The average molecular weight is 669 g/mol. The predicted molar refractivity (Wildman–Crippen MR) is 183 cm³/mol. The molecule has 262 valence electrons. The Morgan fingerprint density at radius 1 is 0.625 bits per heavy atom. The highest BCUT2D eigenvalue weighted by atomic mass is 16.7. The largest absolute Gasteiger partial charge is 0.491 e. The van der Waals surface area contributed by atoms with Gasteiger partial charge in [-0.2, -0.15) is 0 Å². The molecule has 0 bridgehead atoms. The lowest BCUT2D eigenvalue weighted by atomic mass is 9.78. The molecule has 2 N–H and O–H groups in total. The molecule has 0 aromatic heterocycles. The number of hydrogen-bond donors (Lipinski definition) is 2. The molecule has 11 nitrogen and oxygen atoms in total. The van der Waals surface area contributed by atoms with Crippen molar-refractivity contribution in [2.45, 2.75) is 60.2 Å². The third kappa shape index (κ3) is 17.5. The van der Waals surface area contributed by atoms with Crippen LogP contribution in [0.3, 0.4) is 0 Å². The van der Waals surface area contributed by atoms with Crippen LogP contribution in [0, 0.1) is 0 Å². The van der Waals surface area contributed by atoms with E-state index in [0.29, 0.717) is 23.5 Å². The zero-order chi connectivity index (χ0) is 37.0. The normalized spacial score (nSPS) is 10.7. The minimum absolute atomic E-state index is 0.168. The highest BCUT2D eigenvalue weighted by Gasteiger charge is 2.23. The molecule has 2 aromatic carbocycles. The number of aliphatic carboxylic acids is 2. The van der Waals surface area contributed by atoms with E-state index in [1.54, 1.807) is 20.8 Å². The molecular weight excluding hydrogens is 620 g/mol. The van der Waals surface area contributed by atoms with Crippen LogP contribution in [-0.2, 0) is 38.8 Å². The molecule has 0 aliphatic rings. The summed E-state index contributed by atoms with van der Waals surface area (Å²) in [5.74, 6) is -1.34. The van der Waals surface area contributed by atoms with E-state index >= 15 is 0 Å². The molecule has 48 heavy (non-hydrogen) atoms. The van der Waals surface area contributed by atoms with Crippen molar-refractivity contribution in [2.75, 3.05) is 26.4 Å². The summed E-state index contributed by atoms with van der Waals surface area (Å²) in [6.45, 7) is 26.5. The Hall–Kier alpha value is -5.16. The number of carbonyl (C=O) groups excluding carboxylic acids is 2. The predicted octanol–water partition coefficient (Wildman–Crippen LogP) is 6.67. The van der Waals surface area contributed by atoms with Crippen LogP contribution < -0.4 is 9.47 Å². The van der Waals surface area contributed by atoms with Crippen LogP contribution in [0.15, 0.2) is 97.1 Å². The second kappa shape index (κ2) is 21.6. The molecule has 0 aliphatic heterocycles. The second-order valence-electron chi connectivity index (χ2n) is 11.1. The lowest BCUT2D eigenvalue weighted by Gasteiger charge is -2.26. The van der Waals surface area contributed by atoms with Gasteiger partial charge in [0, 0.05) is 27.7 Å². The monoisotopic (exact) mass is 668 g/mol. The third-order valence-electron chi connectivity index (χ3n) is 6.14. The molecule has 0 fully saturated rings. The van der Waals surface area contributed by atoms with Crippen molar-refractivity contribution >= 4 is 23.9 Å². The Morgan fingerprint density at radius 3 is 1.31 bits per heavy atom. The molecule has 0 radical (unpaired) electrons. The van der Waals surface area contributed by atoms with Gasteiger partial charge in [0.05, 0.1) is 6.61 Å². The summed E-state index contributed by atoms with van der Waals surface area (Å²) >= 11 is 0. The Bertz CT molecular complexity index is 1370. The summed E-state index contributed by atoms with van der Waals surface area (Å²) in [6, 6.07) is 15.8. The molecule has 1 atom stereocenters. The first-order chi connectivity index (χ1) is 22.3. The van der Waals surface area contributed by atoms with E-state index in [9.17, 15) is 19.2 Å². The van der Waals surface area contributed by atoms with Crippen molar-refractivity contribution in [2.24, 2.45) is 0 Å². The summed E-state index contributed by atoms with van der Waals surface area (Å²) in [7, 11) is 0. The fourth-order valence-corrected chi connectivity index (χ4v) is 3.18. The maximum absolute atomic E-state index is 11.5. The average Bonchev–Trinajstić information content (AvgIpc) is 3.02. The number of carbonyl (C=O) groups is 4. The van der Waals surface area contributed by atoms with Gasteiger partial charge in [-0.05, 0) is 70.0 Å². The van der Waals surface area contributed by atoms with Gasteiger partial charge in [-0.25, -0.2) is 19.2 Å². The van der Waals surface area contributed by atoms with E-state index in [0.717, 1.165) is 16.9 Å². The zero-order valence-electron chi connectivity index (χ0n) is 28.9. The molecule has 0 spiro atoms. The first kappa shape index (κ1) is 42.8. The van der Waals surface area contributed by atoms with Crippen LogP contribution >= 0.6 is 0 Å². The zero-order valence-corrected chi connectivity index (χ0v) is 28.9. The highest BCUT2D eigenvalue weighted by molar-refractivity contribution is 5.87. The number of benzene rings is 2. The van der Waals surface area contributed by atoms with Gasteiger partial charge in [0.2, 0.25) is 6.29 Å². The van der Waals surface area contributed by atoms with Crippen molar-refractivity contribution in [1.82, 2.24) is 0 Å². The van der Waals surface area contributed by atoms with Gasteiger partial charge in [0.1, 0.15) is 31.3 Å². The number of esters is 2. The van der Waals surface area contributed by atoms with Crippen molar-refractivity contribution in [1.29, 1.82) is 0 Å². The molecule has 2 rings (SSSR count). The summed E-state index contributed by atoms with van der Waals surface area (Å²) in [4.78, 5) is 42.1. The second-order valence-corrected chi connectivity index (χ2v) is 11.1. The quantitative estimate of drug-likeness (QED) is 0.0853. The maximum atomic E-state index is 11.5. The summed E-state index contributed by atoms with van der Waals surface area (Å²) in [6.07, 6.45) is -0.670. The van der Waals surface area contributed by atoms with E-state index in [1.165, 1.54) is 13.8 Å². The molecule has 0 heterocycles. The fraction of sp³-hybridized carbons (Fsp3) is 0.351. The molecule has 0 amide bonds. The Labute approximate surface area is 283 Å². The van der Waals surface area contributed by atoms with Crippen molar-refractivity contribution in [3.63, 3.8) is 0 Å². The molecule has 2 aromatic rings. The molecule has 0 aliphatic carbocycles. The van der Waals surface area contributed by atoms with Crippen LogP contribution in [0.2, 0.25) is 0 Å². The van der Waals surface area contributed by atoms with E-state index in [4.69, 9.17) is 33.9 Å². The summed E-state index contributed by atoms with van der Waals surface area (Å²) in [5.41, 5.74) is 3.07. The number of rotatable bonds is 16. The van der Waals surface area contributed by atoms with Crippen molar-refractivity contribution in [3.05, 3.63) is 108 Å². The van der Waals surface area contributed by atoms with E-state index in [1.807, 2.05) is 48.5 Å². The van der Waals surface area contributed by atoms with Crippen LogP contribution in [0.5, 0.6) is 11.5 Å². The van der Waals surface area contributed by atoms with Crippen molar-refractivity contribution in [3.8, 4) is 11.5 Å². The van der Waals surface area contributed by atoms with Gasteiger partial charge in [-0.15, -0.1) is 0 Å². The van der Waals surface area contributed by atoms with Crippen molar-refractivity contribution < 1.29 is 53.1 Å². The first-order valence-electron chi connectivity index (χ1n) is 14.8. The smallest absolute Gasteiger partial charge is 0.335 e. The van der Waals surface area contributed by atoms with E-state index < -0.39 is 30.2 Å².